The molecule has 0 spiro atoms. The fourth-order valence-corrected chi connectivity index (χ4v) is 1.04. The molecule has 0 saturated heterocycles. The second kappa shape index (κ2) is 4.01. The molecule has 0 radical (unpaired) electrons. The van der Waals surface area contributed by atoms with Crippen LogP contribution in [0, 0.1) is 0 Å². The van der Waals surface area contributed by atoms with Crippen LogP contribution in [0.15, 0.2) is 18.6 Å². The summed E-state index contributed by atoms with van der Waals surface area (Å²) < 4.78 is 0. The van der Waals surface area contributed by atoms with Crippen molar-refractivity contribution in [3.63, 3.8) is 0 Å². The minimum Gasteiger partial charge on any atom is -0.304 e. The van der Waals surface area contributed by atoms with Crippen molar-refractivity contribution in [3.8, 4) is 0 Å². The first-order chi connectivity index (χ1) is 7.25. The number of carbonyl (C=O) groups is 1. The average molecular weight is 225 g/mol. The van der Waals surface area contributed by atoms with Gasteiger partial charge in [0, 0.05) is 0 Å². The van der Waals surface area contributed by atoms with Crippen molar-refractivity contribution < 1.29 is 4.79 Å². The lowest BCUT2D eigenvalue weighted by Crippen LogP contribution is -2.13. The van der Waals surface area contributed by atoms with E-state index in [0.29, 0.717) is 0 Å². The van der Waals surface area contributed by atoms with E-state index in [-0.39, 0.29) is 16.7 Å². The number of amides is 1. The van der Waals surface area contributed by atoms with Gasteiger partial charge in [-0.15, -0.1) is 0 Å². The Kier molecular flexibility index (Phi) is 2.55. The van der Waals surface area contributed by atoms with Crippen LogP contribution in [0.3, 0.4) is 0 Å². The maximum Gasteiger partial charge on any atom is 0.279 e. The monoisotopic (exact) mass is 224 g/mol. The molecular formula is C7H5ClN6O. The van der Waals surface area contributed by atoms with Gasteiger partial charge in [-0.3, -0.25) is 9.78 Å². The first kappa shape index (κ1) is 9.53. The van der Waals surface area contributed by atoms with E-state index in [1.54, 1.807) is 0 Å². The molecule has 8 heteroatoms. The number of hydrogen-bond acceptors (Lipinski definition) is 5. The number of hydrogen-bond donors (Lipinski definition) is 2. The van der Waals surface area contributed by atoms with Crippen LogP contribution in [0.1, 0.15) is 10.5 Å². The number of H-pyrrole nitrogens is 1. The van der Waals surface area contributed by atoms with Crippen molar-refractivity contribution in [1.82, 2.24) is 25.4 Å². The number of rotatable bonds is 2. The van der Waals surface area contributed by atoms with Gasteiger partial charge in [0.1, 0.15) is 5.15 Å². The lowest BCUT2D eigenvalue weighted by atomic mass is 10.4. The first-order valence-electron chi connectivity index (χ1n) is 3.90. The molecule has 0 aromatic carbocycles. The third-order valence-electron chi connectivity index (χ3n) is 1.49. The van der Waals surface area contributed by atoms with Crippen LogP contribution in [-0.2, 0) is 0 Å². The molecule has 0 fully saturated rings. The number of anilines is 1. The Morgan fingerprint density at radius 3 is 2.93 bits per heavy atom. The molecule has 0 aliphatic carbocycles. The number of carbonyl (C=O) groups excluding carboxylic acids is 1. The fourth-order valence-electron chi connectivity index (χ4n) is 0.894. The molecule has 2 heterocycles. The average Bonchev–Trinajstić information content (AvgIpc) is 2.70. The number of nitrogens with one attached hydrogen (secondary N) is 2. The summed E-state index contributed by atoms with van der Waals surface area (Å²) in [4.78, 5) is 19.0. The summed E-state index contributed by atoms with van der Waals surface area (Å²) in [6.45, 7) is 0. The van der Waals surface area contributed by atoms with Crippen LogP contribution in [0.2, 0.25) is 5.15 Å². The molecule has 0 aliphatic heterocycles. The minimum atomic E-state index is -0.430. The normalized spacial score (nSPS) is 9.93. The van der Waals surface area contributed by atoms with Crippen LogP contribution in [-0.4, -0.2) is 31.3 Å². The lowest BCUT2D eigenvalue weighted by Gasteiger charge is -2.00. The van der Waals surface area contributed by atoms with Gasteiger partial charge in [0.25, 0.3) is 5.91 Å². The minimum absolute atomic E-state index is 0.164. The quantitative estimate of drug-likeness (QED) is 0.774. The van der Waals surface area contributed by atoms with Gasteiger partial charge in [-0.25, -0.2) is 4.98 Å². The van der Waals surface area contributed by atoms with E-state index in [1.165, 1.54) is 18.6 Å². The van der Waals surface area contributed by atoms with Gasteiger partial charge in [0.05, 0.1) is 18.6 Å². The summed E-state index contributed by atoms with van der Waals surface area (Å²) in [7, 11) is 0. The molecule has 2 aromatic rings. The third kappa shape index (κ3) is 2.26. The summed E-state index contributed by atoms with van der Waals surface area (Å²) >= 11 is 5.59. The molecule has 0 saturated carbocycles. The molecule has 0 unspecified atom stereocenters. The molecule has 0 atom stereocenters. The zero-order valence-electron chi connectivity index (χ0n) is 7.31. The van der Waals surface area contributed by atoms with E-state index in [0.717, 1.165) is 0 Å². The van der Waals surface area contributed by atoms with E-state index in [1.807, 2.05) is 0 Å². The van der Waals surface area contributed by atoms with Crippen molar-refractivity contribution in [1.29, 1.82) is 0 Å². The van der Waals surface area contributed by atoms with Gasteiger partial charge in [-0.2, -0.15) is 15.4 Å². The molecule has 76 valence electrons. The predicted octanol–water partition coefficient (Wildman–Crippen LogP) is 0.500. The van der Waals surface area contributed by atoms with E-state index in [4.69, 9.17) is 11.6 Å². The summed E-state index contributed by atoms with van der Waals surface area (Å²) in [6.07, 6.45) is 4.05. The summed E-state index contributed by atoms with van der Waals surface area (Å²) in [5.41, 5.74) is 0.164. The van der Waals surface area contributed by atoms with Crippen molar-refractivity contribution in [2.24, 2.45) is 0 Å². The second-order valence-electron chi connectivity index (χ2n) is 2.54. The molecular weight excluding hydrogens is 220 g/mol. The Bertz CT molecular complexity index is 470. The van der Waals surface area contributed by atoms with E-state index in [9.17, 15) is 4.79 Å². The van der Waals surface area contributed by atoms with Crippen molar-refractivity contribution >= 4 is 23.3 Å². The summed E-state index contributed by atoms with van der Waals surface area (Å²) in [5, 5.41) is 12.1. The van der Waals surface area contributed by atoms with Gasteiger partial charge in [-0.05, 0) is 0 Å². The standard InChI is InChI=1S/C7H5ClN6O/c8-5-2-9-3-6(11-5)12-7(15)4-1-10-14-13-4/h1-3H,(H,10,13,14)(H,11,12,15). The summed E-state index contributed by atoms with van der Waals surface area (Å²) in [6, 6.07) is 0. The molecule has 2 N–H and O–H groups in total. The van der Waals surface area contributed by atoms with E-state index < -0.39 is 5.91 Å². The first-order valence-corrected chi connectivity index (χ1v) is 4.28. The fraction of sp³-hybridized carbons (Fsp3) is 0. The molecule has 1 amide bonds. The largest absolute Gasteiger partial charge is 0.304 e. The molecule has 15 heavy (non-hydrogen) atoms. The van der Waals surface area contributed by atoms with Crippen LogP contribution < -0.4 is 5.32 Å². The SMILES string of the molecule is O=C(Nc1cncc(Cl)n1)c1cn[nH]n1. The zero-order chi connectivity index (χ0) is 10.7. The van der Waals surface area contributed by atoms with Crippen LogP contribution in [0.25, 0.3) is 0 Å². The molecule has 0 aliphatic rings. The highest BCUT2D eigenvalue weighted by molar-refractivity contribution is 6.29. The van der Waals surface area contributed by atoms with Crippen molar-refractivity contribution in [3.05, 3.63) is 29.4 Å². The number of aromatic amines is 1. The van der Waals surface area contributed by atoms with E-state index in [2.05, 4.69) is 30.7 Å². The Hall–Kier alpha value is -2.02. The zero-order valence-corrected chi connectivity index (χ0v) is 8.06. The second-order valence-corrected chi connectivity index (χ2v) is 2.92. The van der Waals surface area contributed by atoms with Crippen LogP contribution >= 0.6 is 11.6 Å². The van der Waals surface area contributed by atoms with Gasteiger partial charge in [0.15, 0.2) is 11.5 Å². The Morgan fingerprint density at radius 1 is 1.40 bits per heavy atom. The highest BCUT2D eigenvalue weighted by atomic mass is 35.5. The Labute approximate surface area is 88.9 Å². The van der Waals surface area contributed by atoms with E-state index >= 15 is 0 Å². The van der Waals surface area contributed by atoms with Crippen molar-refractivity contribution in [2.45, 2.75) is 0 Å². The molecule has 2 rings (SSSR count). The summed E-state index contributed by atoms with van der Waals surface area (Å²) in [5.74, 6) is -0.171. The maximum atomic E-state index is 11.4. The predicted molar refractivity (Wildman–Crippen MR) is 51.4 cm³/mol. The van der Waals surface area contributed by atoms with Crippen LogP contribution in [0.5, 0.6) is 0 Å². The van der Waals surface area contributed by atoms with Gasteiger partial charge >= 0.3 is 0 Å². The topological polar surface area (TPSA) is 96.5 Å². The Balaban J connectivity index is 2.13. The molecule has 2 aromatic heterocycles. The third-order valence-corrected chi connectivity index (χ3v) is 1.68. The molecule has 0 bridgehead atoms. The van der Waals surface area contributed by atoms with Crippen molar-refractivity contribution in [2.75, 3.05) is 5.32 Å². The van der Waals surface area contributed by atoms with Crippen LogP contribution in [0.4, 0.5) is 5.82 Å². The molecule has 7 nitrogen and oxygen atoms in total. The highest BCUT2D eigenvalue weighted by Crippen LogP contribution is 2.07. The van der Waals surface area contributed by atoms with Gasteiger partial charge in [-0.1, -0.05) is 11.6 Å². The number of halogens is 1. The maximum absolute atomic E-state index is 11.4. The highest BCUT2D eigenvalue weighted by Gasteiger charge is 2.09. The number of nitrogens with zero attached hydrogens (tertiary/aromatic N) is 4. The van der Waals surface area contributed by atoms with Gasteiger partial charge in [0.2, 0.25) is 0 Å². The number of aromatic nitrogens is 5. The Morgan fingerprint density at radius 2 is 2.27 bits per heavy atom. The lowest BCUT2D eigenvalue weighted by molar-refractivity contribution is 0.102. The smallest absolute Gasteiger partial charge is 0.279 e. The van der Waals surface area contributed by atoms with Gasteiger partial charge < -0.3 is 5.32 Å².